The summed E-state index contributed by atoms with van der Waals surface area (Å²) in [5, 5.41) is 0.681. The lowest BCUT2D eigenvalue weighted by molar-refractivity contribution is -0.145. The molecule has 1 heterocycles. The Morgan fingerprint density at radius 3 is 2.81 bits per heavy atom. The number of hydrogen-bond acceptors (Lipinski definition) is 3. The molecule has 1 amide bonds. The first kappa shape index (κ1) is 15.8. The van der Waals surface area contributed by atoms with Crippen LogP contribution in [0.1, 0.15) is 25.8 Å². The maximum absolute atomic E-state index is 12.1. The van der Waals surface area contributed by atoms with Gasteiger partial charge in [-0.05, 0) is 17.7 Å². The zero-order valence-corrected chi connectivity index (χ0v) is 13.3. The molecule has 1 unspecified atom stereocenters. The molecule has 5 heteroatoms. The lowest BCUT2D eigenvalue weighted by Crippen LogP contribution is -2.38. The average molecular weight is 310 g/mol. The van der Waals surface area contributed by atoms with E-state index >= 15 is 0 Å². The van der Waals surface area contributed by atoms with Crippen LogP contribution in [0, 0.1) is 5.92 Å². The molecule has 0 N–H and O–H groups in total. The number of ether oxygens (including phenoxy) is 1. The summed E-state index contributed by atoms with van der Waals surface area (Å²) in [7, 11) is 1.35. The maximum atomic E-state index is 12.1. The summed E-state index contributed by atoms with van der Waals surface area (Å²) >= 11 is 6.04. The zero-order chi connectivity index (χ0) is 15.6. The van der Waals surface area contributed by atoms with Crippen molar-refractivity contribution >= 4 is 23.5 Å². The summed E-state index contributed by atoms with van der Waals surface area (Å²) in [5.41, 5.74) is 0.843. The number of halogens is 1. The van der Waals surface area contributed by atoms with E-state index in [9.17, 15) is 9.59 Å². The smallest absolute Gasteiger partial charge is 0.310 e. The van der Waals surface area contributed by atoms with Crippen LogP contribution >= 0.6 is 11.6 Å². The van der Waals surface area contributed by atoms with Gasteiger partial charge in [0.25, 0.3) is 0 Å². The normalized spacial score (nSPS) is 19.0. The molecule has 0 bridgehead atoms. The third-order valence-corrected chi connectivity index (χ3v) is 4.18. The number of methoxy groups -OCH3 is 1. The van der Waals surface area contributed by atoms with Crippen LogP contribution in [0.5, 0.6) is 0 Å². The molecule has 4 nitrogen and oxygen atoms in total. The predicted octanol–water partition coefficient (Wildman–Crippen LogP) is 2.64. The molecule has 0 saturated carbocycles. The van der Waals surface area contributed by atoms with Crippen molar-refractivity contribution in [3.05, 3.63) is 34.9 Å². The number of nitrogens with zero attached hydrogens (tertiary/aromatic N) is 1. The van der Waals surface area contributed by atoms with E-state index in [1.807, 2.05) is 24.3 Å². The van der Waals surface area contributed by atoms with Gasteiger partial charge in [-0.25, -0.2) is 0 Å². The molecule has 0 aromatic heterocycles. The van der Waals surface area contributed by atoms with Crippen LogP contribution in [0.2, 0.25) is 5.02 Å². The van der Waals surface area contributed by atoms with Gasteiger partial charge in [0.05, 0.1) is 13.0 Å². The van der Waals surface area contributed by atoms with E-state index in [1.165, 1.54) is 7.11 Å². The summed E-state index contributed by atoms with van der Waals surface area (Å²) in [6, 6.07) is 7.65. The van der Waals surface area contributed by atoms with Crippen molar-refractivity contribution in [2.24, 2.45) is 5.92 Å². The second-order valence-corrected chi connectivity index (χ2v) is 6.53. The van der Waals surface area contributed by atoms with E-state index in [0.717, 1.165) is 5.56 Å². The molecule has 21 heavy (non-hydrogen) atoms. The van der Waals surface area contributed by atoms with Gasteiger partial charge in [-0.15, -0.1) is 0 Å². The van der Waals surface area contributed by atoms with Crippen LogP contribution in [0.3, 0.4) is 0 Å². The quantitative estimate of drug-likeness (QED) is 0.803. The molecule has 1 aromatic rings. The van der Waals surface area contributed by atoms with Crippen molar-refractivity contribution in [2.45, 2.75) is 25.7 Å². The van der Waals surface area contributed by atoms with Gasteiger partial charge in [-0.3, -0.25) is 9.59 Å². The lowest BCUT2D eigenvalue weighted by atomic mass is 9.84. The Labute approximate surface area is 130 Å². The average Bonchev–Trinajstić information content (AvgIpc) is 2.78. The van der Waals surface area contributed by atoms with E-state index in [2.05, 4.69) is 13.8 Å². The second-order valence-electron chi connectivity index (χ2n) is 6.09. The SMILES string of the molecule is COC(=O)C1CC(=O)N(CC(C)(C)c2cccc(Cl)c2)C1. The van der Waals surface area contributed by atoms with Gasteiger partial charge < -0.3 is 9.64 Å². The van der Waals surface area contributed by atoms with Crippen molar-refractivity contribution in [2.75, 3.05) is 20.2 Å². The summed E-state index contributed by atoms with van der Waals surface area (Å²) in [6.45, 7) is 5.12. The summed E-state index contributed by atoms with van der Waals surface area (Å²) in [5.74, 6) is -0.662. The largest absolute Gasteiger partial charge is 0.469 e. The van der Waals surface area contributed by atoms with Crippen molar-refractivity contribution in [3.8, 4) is 0 Å². The molecular formula is C16H20ClNO3. The zero-order valence-electron chi connectivity index (χ0n) is 12.6. The number of hydrogen-bond donors (Lipinski definition) is 0. The van der Waals surface area contributed by atoms with Crippen LogP contribution in [0.25, 0.3) is 0 Å². The van der Waals surface area contributed by atoms with Crippen LogP contribution in [0.4, 0.5) is 0 Å². The molecule has 0 spiro atoms. The number of benzene rings is 1. The molecule has 1 atom stereocenters. The molecule has 114 valence electrons. The first-order valence-corrected chi connectivity index (χ1v) is 7.33. The van der Waals surface area contributed by atoms with Crippen molar-refractivity contribution in [3.63, 3.8) is 0 Å². The molecule has 1 aliphatic rings. The Hall–Kier alpha value is -1.55. The Kier molecular flexibility index (Phi) is 4.57. The third-order valence-electron chi connectivity index (χ3n) is 3.94. The maximum Gasteiger partial charge on any atom is 0.310 e. The Morgan fingerprint density at radius 1 is 1.48 bits per heavy atom. The van der Waals surface area contributed by atoms with Gasteiger partial charge in [-0.1, -0.05) is 37.6 Å². The Balaban J connectivity index is 2.10. The van der Waals surface area contributed by atoms with Crippen molar-refractivity contribution in [1.82, 2.24) is 4.90 Å². The number of rotatable bonds is 4. The fourth-order valence-corrected chi connectivity index (χ4v) is 2.92. The molecule has 1 fully saturated rings. The highest BCUT2D eigenvalue weighted by atomic mass is 35.5. The van der Waals surface area contributed by atoms with Crippen molar-refractivity contribution < 1.29 is 14.3 Å². The number of amides is 1. The minimum absolute atomic E-state index is 0.000466. The lowest BCUT2D eigenvalue weighted by Gasteiger charge is -2.31. The van der Waals surface area contributed by atoms with Crippen molar-refractivity contribution in [1.29, 1.82) is 0 Å². The fraction of sp³-hybridized carbons (Fsp3) is 0.500. The van der Waals surface area contributed by atoms with E-state index in [-0.39, 0.29) is 29.6 Å². The summed E-state index contributed by atoms with van der Waals surface area (Å²) in [6.07, 6.45) is 0.234. The van der Waals surface area contributed by atoms with Crippen LogP contribution in [0.15, 0.2) is 24.3 Å². The van der Waals surface area contributed by atoms with E-state index < -0.39 is 0 Å². The van der Waals surface area contributed by atoms with Gasteiger partial charge in [0.2, 0.25) is 5.91 Å². The molecule has 0 aliphatic carbocycles. The highest BCUT2D eigenvalue weighted by molar-refractivity contribution is 6.30. The van der Waals surface area contributed by atoms with Crippen LogP contribution in [-0.4, -0.2) is 37.0 Å². The number of likely N-dealkylation sites (tertiary alicyclic amines) is 1. The molecule has 2 rings (SSSR count). The highest BCUT2D eigenvalue weighted by Gasteiger charge is 2.37. The first-order valence-electron chi connectivity index (χ1n) is 6.95. The number of carbonyl (C=O) groups excluding carboxylic acids is 2. The van der Waals surface area contributed by atoms with Gasteiger partial charge in [0.1, 0.15) is 0 Å². The van der Waals surface area contributed by atoms with Gasteiger partial charge in [0.15, 0.2) is 0 Å². The molecule has 1 aliphatic heterocycles. The standard InChI is InChI=1S/C16H20ClNO3/c1-16(2,12-5-4-6-13(17)8-12)10-18-9-11(7-14(18)19)15(20)21-3/h4-6,8,11H,7,9-10H2,1-3H3. The Morgan fingerprint density at radius 2 is 2.19 bits per heavy atom. The van der Waals surface area contributed by atoms with Crippen LogP contribution in [-0.2, 0) is 19.7 Å². The fourth-order valence-electron chi connectivity index (χ4n) is 2.73. The topological polar surface area (TPSA) is 46.6 Å². The predicted molar refractivity (Wildman–Crippen MR) is 81.2 cm³/mol. The first-order chi connectivity index (χ1) is 9.83. The van der Waals surface area contributed by atoms with Gasteiger partial charge >= 0.3 is 5.97 Å². The van der Waals surface area contributed by atoms with Crippen LogP contribution < -0.4 is 0 Å². The Bertz CT molecular complexity index is 556. The third kappa shape index (κ3) is 3.56. The monoisotopic (exact) mass is 309 g/mol. The van der Waals surface area contributed by atoms with E-state index in [4.69, 9.17) is 16.3 Å². The summed E-state index contributed by atoms with van der Waals surface area (Å²) in [4.78, 5) is 25.4. The second kappa shape index (κ2) is 6.06. The number of carbonyl (C=O) groups is 2. The minimum atomic E-state index is -0.349. The molecule has 1 aromatic carbocycles. The van der Waals surface area contributed by atoms with Gasteiger partial charge in [0, 0.05) is 29.9 Å². The highest BCUT2D eigenvalue weighted by Crippen LogP contribution is 2.29. The molecule has 0 radical (unpaired) electrons. The molecule has 1 saturated heterocycles. The molecular weight excluding hydrogens is 290 g/mol. The minimum Gasteiger partial charge on any atom is -0.469 e. The van der Waals surface area contributed by atoms with Gasteiger partial charge in [-0.2, -0.15) is 0 Å². The van der Waals surface area contributed by atoms with E-state index in [1.54, 1.807) is 4.90 Å². The number of esters is 1. The van der Waals surface area contributed by atoms with E-state index in [0.29, 0.717) is 18.1 Å². The summed E-state index contributed by atoms with van der Waals surface area (Å²) < 4.78 is 4.73.